The molecule has 1 N–H and O–H groups in total. The standard InChI is InChI=1S/C23H26N4O3/c1-15(21-10-27(26-25-21)23-6-5-22(12-23,13-23)14-28)30-17-2-3-20-19(8-17)18-4-7-29-11-16(18)9-24-20/h2-3,8-10,15,28H,4-7,11-14H2,1H3/t15-,22?,23?/m1/s1. The van der Waals surface area contributed by atoms with Crippen molar-refractivity contribution in [2.75, 3.05) is 13.2 Å². The van der Waals surface area contributed by atoms with E-state index in [1.54, 1.807) is 0 Å². The van der Waals surface area contributed by atoms with Crippen LogP contribution in [0.3, 0.4) is 0 Å². The maximum Gasteiger partial charge on any atom is 0.141 e. The van der Waals surface area contributed by atoms with E-state index in [2.05, 4.69) is 21.4 Å². The molecule has 0 unspecified atom stereocenters. The third-order valence-corrected chi connectivity index (χ3v) is 7.38. The third kappa shape index (κ3) is 2.68. The molecule has 156 valence electrons. The molecule has 30 heavy (non-hydrogen) atoms. The van der Waals surface area contributed by atoms with E-state index in [1.807, 2.05) is 36.1 Å². The maximum atomic E-state index is 9.65. The average Bonchev–Trinajstić information content (AvgIpc) is 3.47. The molecule has 3 aromatic rings. The second kappa shape index (κ2) is 6.49. The molecule has 0 spiro atoms. The lowest BCUT2D eigenvalue weighted by Gasteiger charge is -2.46. The molecule has 7 heteroatoms. The Morgan fingerprint density at radius 2 is 2.20 bits per heavy atom. The summed E-state index contributed by atoms with van der Waals surface area (Å²) in [7, 11) is 0. The SMILES string of the molecule is C[C@@H](Oc1ccc2ncc3c(c2c1)CCOC3)c1cn(C23CCC(CO)(C2)C3)nn1. The molecule has 3 fully saturated rings. The van der Waals surface area contributed by atoms with Crippen LogP contribution in [-0.2, 0) is 23.3 Å². The van der Waals surface area contributed by atoms with Crippen molar-refractivity contribution in [1.29, 1.82) is 0 Å². The number of ether oxygens (including phenoxy) is 2. The molecule has 0 amide bonds. The van der Waals surface area contributed by atoms with E-state index in [0.29, 0.717) is 6.61 Å². The third-order valence-electron chi connectivity index (χ3n) is 7.38. The minimum atomic E-state index is -0.201. The van der Waals surface area contributed by atoms with Crippen LogP contribution in [0.5, 0.6) is 5.75 Å². The minimum absolute atomic E-state index is 0.0451. The molecule has 3 heterocycles. The molecule has 7 nitrogen and oxygen atoms in total. The second-order valence-corrected chi connectivity index (χ2v) is 9.33. The minimum Gasteiger partial charge on any atom is -0.484 e. The summed E-state index contributed by atoms with van der Waals surface area (Å²) in [5.74, 6) is 0.813. The normalized spacial score (nSPS) is 28.2. The lowest BCUT2D eigenvalue weighted by Crippen LogP contribution is -2.47. The number of aliphatic hydroxyl groups excluding tert-OH is 1. The summed E-state index contributed by atoms with van der Waals surface area (Å²) in [5, 5.41) is 19.6. The van der Waals surface area contributed by atoms with Crippen molar-refractivity contribution in [3.05, 3.63) is 47.4 Å². The van der Waals surface area contributed by atoms with Gasteiger partial charge in [-0.2, -0.15) is 0 Å². The van der Waals surface area contributed by atoms with E-state index in [-0.39, 0.29) is 23.7 Å². The lowest BCUT2D eigenvalue weighted by atomic mass is 9.65. The van der Waals surface area contributed by atoms with E-state index in [1.165, 1.54) is 5.56 Å². The van der Waals surface area contributed by atoms with Crippen molar-refractivity contribution in [3.63, 3.8) is 0 Å². The molecule has 0 radical (unpaired) electrons. The highest BCUT2D eigenvalue weighted by molar-refractivity contribution is 5.84. The van der Waals surface area contributed by atoms with E-state index < -0.39 is 0 Å². The molecule has 3 aliphatic carbocycles. The Morgan fingerprint density at radius 1 is 1.30 bits per heavy atom. The first-order chi connectivity index (χ1) is 14.6. The smallest absolute Gasteiger partial charge is 0.141 e. The van der Waals surface area contributed by atoms with Crippen molar-refractivity contribution in [2.24, 2.45) is 5.41 Å². The largest absolute Gasteiger partial charge is 0.484 e. The fraction of sp³-hybridized carbons (Fsp3) is 0.522. The van der Waals surface area contributed by atoms with Crippen LogP contribution in [0.15, 0.2) is 30.6 Å². The Labute approximate surface area is 175 Å². The summed E-state index contributed by atoms with van der Waals surface area (Å²) < 4.78 is 13.8. The van der Waals surface area contributed by atoms with Crippen molar-refractivity contribution in [1.82, 2.24) is 20.0 Å². The highest BCUT2D eigenvalue weighted by Gasteiger charge is 2.62. The van der Waals surface area contributed by atoms with Crippen LogP contribution >= 0.6 is 0 Å². The molecule has 2 bridgehead atoms. The Hall–Kier alpha value is -2.51. The molecule has 7 rings (SSSR count). The zero-order chi connectivity index (χ0) is 20.3. The van der Waals surface area contributed by atoms with E-state index in [9.17, 15) is 5.11 Å². The van der Waals surface area contributed by atoms with Crippen molar-refractivity contribution in [3.8, 4) is 5.75 Å². The Bertz CT molecular complexity index is 1120. The van der Waals surface area contributed by atoms with E-state index in [0.717, 1.165) is 66.6 Å². The van der Waals surface area contributed by atoms with Gasteiger partial charge >= 0.3 is 0 Å². The number of fused-ring (bicyclic) bond motifs is 4. The molecule has 1 aromatic carbocycles. The summed E-state index contributed by atoms with van der Waals surface area (Å²) in [4.78, 5) is 4.57. The maximum absolute atomic E-state index is 9.65. The fourth-order valence-corrected chi connectivity index (χ4v) is 5.74. The molecular weight excluding hydrogens is 380 g/mol. The molecule has 3 saturated carbocycles. The highest BCUT2D eigenvalue weighted by atomic mass is 16.5. The van der Waals surface area contributed by atoms with Crippen molar-refractivity contribution >= 4 is 10.9 Å². The number of aromatic nitrogens is 4. The number of pyridine rings is 1. The first kappa shape index (κ1) is 18.3. The predicted molar refractivity (Wildman–Crippen MR) is 110 cm³/mol. The van der Waals surface area contributed by atoms with Crippen LogP contribution in [0.2, 0.25) is 0 Å². The summed E-state index contributed by atoms with van der Waals surface area (Å²) in [5.41, 5.74) is 4.46. The first-order valence-electron chi connectivity index (χ1n) is 10.8. The first-order valence-corrected chi connectivity index (χ1v) is 10.8. The zero-order valence-corrected chi connectivity index (χ0v) is 17.2. The molecule has 1 aliphatic heterocycles. The summed E-state index contributed by atoms with van der Waals surface area (Å²) in [6.07, 6.45) is 8.79. The van der Waals surface area contributed by atoms with Gasteiger partial charge in [-0.3, -0.25) is 4.98 Å². The summed E-state index contributed by atoms with van der Waals surface area (Å²) >= 11 is 0. The number of aliphatic hydroxyl groups is 1. The van der Waals surface area contributed by atoms with Crippen LogP contribution in [0, 0.1) is 5.41 Å². The van der Waals surface area contributed by atoms with Gasteiger partial charge in [-0.25, -0.2) is 4.68 Å². The number of hydrogen-bond donors (Lipinski definition) is 1. The Kier molecular flexibility index (Phi) is 3.95. The molecule has 2 aromatic heterocycles. The topological polar surface area (TPSA) is 82.3 Å². The summed E-state index contributed by atoms with van der Waals surface area (Å²) in [6, 6.07) is 6.08. The van der Waals surface area contributed by atoms with E-state index >= 15 is 0 Å². The van der Waals surface area contributed by atoms with Crippen LogP contribution in [0.25, 0.3) is 10.9 Å². The van der Waals surface area contributed by atoms with Gasteiger partial charge in [0.1, 0.15) is 17.5 Å². The summed E-state index contributed by atoms with van der Waals surface area (Å²) in [6.45, 7) is 3.66. The number of rotatable bonds is 5. The molecular formula is C23H26N4O3. The highest BCUT2D eigenvalue weighted by Crippen LogP contribution is 2.64. The van der Waals surface area contributed by atoms with Gasteiger partial charge in [-0.05, 0) is 73.8 Å². The van der Waals surface area contributed by atoms with Gasteiger partial charge < -0.3 is 14.6 Å². The number of nitrogens with zero attached hydrogens (tertiary/aromatic N) is 4. The van der Waals surface area contributed by atoms with Crippen LogP contribution in [0.4, 0.5) is 0 Å². The van der Waals surface area contributed by atoms with E-state index in [4.69, 9.17) is 9.47 Å². The number of hydrogen-bond acceptors (Lipinski definition) is 6. The van der Waals surface area contributed by atoms with Gasteiger partial charge in [-0.1, -0.05) is 5.21 Å². The Balaban J connectivity index is 1.23. The van der Waals surface area contributed by atoms with Crippen molar-refractivity contribution < 1.29 is 14.6 Å². The van der Waals surface area contributed by atoms with Gasteiger partial charge in [0.25, 0.3) is 0 Å². The van der Waals surface area contributed by atoms with Crippen LogP contribution < -0.4 is 4.74 Å². The second-order valence-electron chi connectivity index (χ2n) is 9.33. The molecule has 1 atom stereocenters. The van der Waals surface area contributed by atoms with Gasteiger partial charge in [-0.15, -0.1) is 5.10 Å². The number of benzene rings is 1. The van der Waals surface area contributed by atoms with Gasteiger partial charge in [0.05, 0.1) is 30.5 Å². The monoisotopic (exact) mass is 406 g/mol. The van der Waals surface area contributed by atoms with Crippen molar-refractivity contribution in [2.45, 2.75) is 57.3 Å². The van der Waals surface area contributed by atoms with Gasteiger partial charge in [0.2, 0.25) is 0 Å². The van der Waals surface area contributed by atoms with Crippen LogP contribution in [0.1, 0.15) is 55.5 Å². The molecule has 0 saturated heterocycles. The molecule has 4 aliphatic rings. The van der Waals surface area contributed by atoms with Crippen LogP contribution in [-0.4, -0.2) is 38.3 Å². The fourth-order valence-electron chi connectivity index (χ4n) is 5.74. The quantitative estimate of drug-likeness (QED) is 0.700. The van der Waals surface area contributed by atoms with Gasteiger partial charge in [0, 0.05) is 18.2 Å². The van der Waals surface area contributed by atoms with Gasteiger partial charge in [0.15, 0.2) is 0 Å². The zero-order valence-electron chi connectivity index (χ0n) is 17.2. The average molecular weight is 406 g/mol. The predicted octanol–water partition coefficient (Wildman–Crippen LogP) is 3.30. The Morgan fingerprint density at radius 3 is 3.03 bits per heavy atom. The lowest BCUT2D eigenvalue weighted by molar-refractivity contribution is -0.00432.